The number of thiophene rings is 1. The van der Waals surface area contributed by atoms with Crippen LogP contribution in [0.1, 0.15) is 20.8 Å². The van der Waals surface area contributed by atoms with Crippen molar-refractivity contribution < 1.29 is 4.79 Å². The lowest BCUT2D eigenvalue weighted by molar-refractivity contribution is 0.0959. The van der Waals surface area contributed by atoms with Crippen LogP contribution in [0.25, 0.3) is 0 Å². The summed E-state index contributed by atoms with van der Waals surface area (Å²) in [4.78, 5) is 16.9. The normalized spacial score (nSPS) is 10.4. The highest BCUT2D eigenvalue weighted by Gasteiger charge is 2.06. The molecule has 7 nitrogen and oxygen atoms in total. The Hall–Kier alpha value is -3.00. The SMILES string of the molecule is Cc1ccnc(Nc2ccc(NCCNC(=O)c3cc(C)cs3)nn2)c1. The van der Waals surface area contributed by atoms with Crippen LogP contribution in [-0.2, 0) is 0 Å². The van der Waals surface area contributed by atoms with Crippen LogP contribution in [0.3, 0.4) is 0 Å². The number of amides is 1. The van der Waals surface area contributed by atoms with Crippen molar-refractivity contribution in [3.63, 3.8) is 0 Å². The van der Waals surface area contributed by atoms with E-state index in [1.807, 2.05) is 49.6 Å². The number of carbonyl (C=O) groups excluding carboxylic acids is 1. The summed E-state index contributed by atoms with van der Waals surface area (Å²) in [5.74, 6) is 1.94. The molecule has 0 radical (unpaired) electrons. The van der Waals surface area contributed by atoms with E-state index in [1.54, 1.807) is 6.20 Å². The Morgan fingerprint density at radius 2 is 1.81 bits per heavy atom. The van der Waals surface area contributed by atoms with E-state index in [-0.39, 0.29) is 5.91 Å². The van der Waals surface area contributed by atoms with Gasteiger partial charge in [0.05, 0.1) is 4.88 Å². The molecule has 134 valence electrons. The van der Waals surface area contributed by atoms with Gasteiger partial charge in [-0.1, -0.05) is 0 Å². The number of aromatic nitrogens is 3. The molecule has 0 saturated carbocycles. The minimum Gasteiger partial charge on any atom is -0.367 e. The van der Waals surface area contributed by atoms with Crippen LogP contribution in [0.4, 0.5) is 17.5 Å². The van der Waals surface area contributed by atoms with Gasteiger partial charge in [0.25, 0.3) is 5.91 Å². The molecule has 0 fully saturated rings. The maximum atomic E-state index is 11.9. The zero-order chi connectivity index (χ0) is 18.4. The van der Waals surface area contributed by atoms with E-state index in [4.69, 9.17) is 0 Å². The van der Waals surface area contributed by atoms with Gasteiger partial charge >= 0.3 is 0 Å². The number of carbonyl (C=O) groups is 1. The molecule has 3 N–H and O–H groups in total. The van der Waals surface area contributed by atoms with Gasteiger partial charge in [-0.3, -0.25) is 4.79 Å². The highest BCUT2D eigenvalue weighted by molar-refractivity contribution is 7.12. The number of rotatable bonds is 7. The Morgan fingerprint density at radius 3 is 2.50 bits per heavy atom. The zero-order valence-corrected chi connectivity index (χ0v) is 15.4. The van der Waals surface area contributed by atoms with Gasteiger partial charge in [0, 0.05) is 19.3 Å². The van der Waals surface area contributed by atoms with Gasteiger partial charge in [-0.25, -0.2) is 4.98 Å². The Balaban J connectivity index is 1.43. The molecule has 0 spiro atoms. The summed E-state index contributed by atoms with van der Waals surface area (Å²) in [6.45, 7) is 5.05. The predicted octanol–water partition coefficient (Wildman–Crippen LogP) is 3.14. The van der Waals surface area contributed by atoms with Gasteiger partial charge in [-0.2, -0.15) is 0 Å². The highest BCUT2D eigenvalue weighted by atomic mass is 32.1. The van der Waals surface area contributed by atoms with Crippen molar-refractivity contribution in [1.82, 2.24) is 20.5 Å². The zero-order valence-electron chi connectivity index (χ0n) is 14.6. The van der Waals surface area contributed by atoms with Crippen LogP contribution in [-0.4, -0.2) is 34.2 Å². The smallest absolute Gasteiger partial charge is 0.261 e. The molecular weight excluding hydrogens is 348 g/mol. The van der Waals surface area contributed by atoms with Crippen LogP contribution >= 0.6 is 11.3 Å². The first-order chi connectivity index (χ1) is 12.6. The highest BCUT2D eigenvalue weighted by Crippen LogP contribution is 2.14. The first kappa shape index (κ1) is 17.8. The average molecular weight is 368 g/mol. The second-order valence-corrected chi connectivity index (χ2v) is 6.73. The summed E-state index contributed by atoms with van der Waals surface area (Å²) in [5.41, 5.74) is 2.22. The van der Waals surface area contributed by atoms with Crippen LogP contribution in [0.5, 0.6) is 0 Å². The van der Waals surface area contributed by atoms with Crippen molar-refractivity contribution in [3.05, 3.63) is 57.9 Å². The lowest BCUT2D eigenvalue weighted by atomic mass is 10.3. The van der Waals surface area contributed by atoms with Gasteiger partial charge < -0.3 is 16.0 Å². The number of nitrogens with zero attached hydrogens (tertiary/aromatic N) is 3. The molecule has 0 aliphatic rings. The number of hydrogen-bond acceptors (Lipinski definition) is 7. The summed E-state index contributed by atoms with van der Waals surface area (Å²) in [6.07, 6.45) is 1.74. The summed E-state index contributed by atoms with van der Waals surface area (Å²) in [6, 6.07) is 9.41. The maximum Gasteiger partial charge on any atom is 0.261 e. The molecule has 3 aromatic heterocycles. The average Bonchev–Trinajstić information content (AvgIpc) is 3.06. The summed E-state index contributed by atoms with van der Waals surface area (Å²) >= 11 is 1.45. The van der Waals surface area contributed by atoms with E-state index < -0.39 is 0 Å². The predicted molar refractivity (Wildman–Crippen MR) is 104 cm³/mol. The molecule has 0 saturated heterocycles. The molecule has 1 amide bonds. The Labute approximate surface area is 155 Å². The van der Waals surface area contributed by atoms with E-state index in [0.717, 1.165) is 21.8 Å². The molecule has 0 aliphatic heterocycles. The van der Waals surface area contributed by atoms with E-state index in [1.165, 1.54) is 11.3 Å². The lowest BCUT2D eigenvalue weighted by Gasteiger charge is -2.08. The number of hydrogen-bond donors (Lipinski definition) is 3. The maximum absolute atomic E-state index is 11.9. The van der Waals surface area contributed by atoms with E-state index in [9.17, 15) is 4.79 Å². The van der Waals surface area contributed by atoms with Gasteiger partial charge in [0.2, 0.25) is 0 Å². The number of pyridine rings is 1. The fourth-order valence-corrected chi connectivity index (χ4v) is 3.05. The third-order valence-electron chi connectivity index (χ3n) is 3.51. The van der Waals surface area contributed by atoms with Crippen molar-refractivity contribution in [3.8, 4) is 0 Å². The van der Waals surface area contributed by atoms with Gasteiger partial charge in [-0.15, -0.1) is 21.5 Å². The molecule has 0 atom stereocenters. The second kappa shape index (κ2) is 8.39. The largest absolute Gasteiger partial charge is 0.367 e. The van der Waals surface area contributed by atoms with Crippen LogP contribution in [0, 0.1) is 13.8 Å². The van der Waals surface area contributed by atoms with Crippen LogP contribution < -0.4 is 16.0 Å². The molecule has 0 bridgehead atoms. The number of aryl methyl sites for hydroxylation is 2. The molecule has 0 aromatic carbocycles. The van der Waals surface area contributed by atoms with Crippen LogP contribution in [0.2, 0.25) is 0 Å². The summed E-state index contributed by atoms with van der Waals surface area (Å²) in [5, 5.41) is 19.3. The third kappa shape index (κ3) is 5.00. The number of anilines is 3. The Bertz CT molecular complexity index is 877. The summed E-state index contributed by atoms with van der Waals surface area (Å²) < 4.78 is 0. The topological polar surface area (TPSA) is 91.8 Å². The first-order valence-corrected chi connectivity index (χ1v) is 9.09. The van der Waals surface area contributed by atoms with Crippen molar-refractivity contribution in [2.45, 2.75) is 13.8 Å². The van der Waals surface area contributed by atoms with E-state index in [0.29, 0.717) is 24.7 Å². The Morgan fingerprint density at radius 1 is 1.00 bits per heavy atom. The lowest BCUT2D eigenvalue weighted by Crippen LogP contribution is -2.28. The van der Waals surface area contributed by atoms with Gasteiger partial charge in [0.15, 0.2) is 5.82 Å². The second-order valence-electron chi connectivity index (χ2n) is 5.82. The molecule has 0 aliphatic carbocycles. The fourth-order valence-electron chi connectivity index (χ4n) is 2.23. The molecule has 26 heavy (non-hydrogen) atoms. The number of nitrogens with one attached hydrogen (secondary N) is 3. The van der Waals surface area contributed by atoms with E-state index >= 15 is 0 Å². The Kier molecular flexibility index (Phi) is 5.75. The van der Waals surface area contributed by atoms with Crippen molar-refractivity contribution in [1.29, 1.82) is 0 Å². The van der Waals surface area contributed by atoms with Gasteiger partial charge in [0.1, 0.15) is 11.6 Å². The van der Waals surface area contributed by atoms with Gasteiger partial charge in [-0.05, 0) is 60.7 Å². The molecule has 3 aromatic rings. The quantitative estimate of drug-likeness (QED) is 0.555. The van der Waals surface area contributed by atoms with Crippen molar-refractivity contribution in [2.75, 3.05) is 23.7 Å². The minimum atomic E-state index is -0.0545. The monoisotopic (exact) mass is 368 g/mol. The summed E-state index contributed by atoms with van der Waals surface area (Å²) in [7, 11) is 0. The van der Waals surface area contributed by atoms with Crippen LogP contribution in [0.15, 0.2) is 41.9 Å². The third-order valence-corrected chi connectivity index (χ3v) is 4.55. The van der Waals surface area contributed by atoms with Crippen molar-refractivity contribution in [2.24, 2.45) is 0 Å². The molecule has 3 heterocycles. The fraction of sp³-hybridized carbons (Fsp3) is 0.222. The molecule has 8 heteroatoms. The minimum absolute atomic E-state index is 0.0545. The molecular formula is C18H20N6OS. The molecule has 0 unspecified atom stereocenters. The van der Waals surface area contributed by atoms with Crippen molar-refractivity contribution >= 4 is 34.7 Å². The van der Waals surface area contributed by atoms with E-state index in [2.05, 4.69) is 31.1 Å². The standard InChI is InChI=1S/C18H20N6OS/c1-12-5-6-19-17(10-12)22-16-4-3-15(23-24-16)20-7-8-21-18(25)14-9-13(2)11-26-14/h3-6,9-11H,7-8H2,1-2H3,(H,20,23)(H,21,25)(H,19,22,24). The molecule has 3 rings (SSSR count). The first-order valence-electron chi connectivity index (χ1n) is 8.21.